The molecule has 2 aromatic rings. The van der Waals surface area contributed by atoms with Gasteiger partial charge in [0.1, 0.15) is 5.82 Å². The lowest BCUT2D eigenvalue weighted by molar-refractivity contribution is -0.132. The van der Waals surface area contributed by atoms with Crippen molar-refractivity contribution in [3.05, 3.63) is 40.4 Å². The number of amides is 1. The van der Waals surface area contributed by atoms with Gasteiger partial charge in [-0.1, -0.05) is 19.1 Å². The van der Waals surface area contributed by atoms with Gasteiger partial charge in [-0.25, -0.2) is 4.98 Å². The molecule has 1 saturated heterocycles. The van der Waals surface area contributed by atoms with Crippen LogP contribution in [0.4, 0.5) is 0 Å². The van der Waals surface area contributed by atoms with E-state index in [1.165, 1.54) is 6.42 Å². The molecule has 1 aromatic carbocycles. The van der Waals surface area contributed by atoms with Gasteiger partial charge in [0.25, 0.3) is 5.56 Å². The Labute approximate surface area is 129 Å². The summed E-state index contributed by atoms with van der Waals surface area (Å²) in [5, 5.41) is 0.586. The third-order valence-corrected chi connectivity index (χ3v) is 4.25. The number of hydrogen-bond donors (Lipinski definition) is 1. The number of nitrogens with zero attached hydrogens (tertiary/aromatic N) is 2. The van der Waals surface area contributed by atoms with E-state index in [0.717, 1.165) is 19.5 Å². The molecular formula is C17H21N3O2. The second kappa shape index (κ2) is 6.30. The van der Waals surface area contributed by atoms with Crippen LogP contribution in [0.1, 0.15) is 32.0 Å². The van der Waals surface area contributed by atoms with Crippen LogP contribution in [0.2, 0.25) is 0 Å². The Bertz CT molecular complexity index is 738. The number of H-pyrrole nitrogens is 1. The molecule has 2 heterocycles. The topological polar surface area (TPSA) is 66.1 Å². The van der Waals surface area contributed by atoms with Gasteiger partial charge < -0.3 is 9.88 Å². The van der Waals surface area contributed by atoms with E-state index < -0.39 is 0 Å². The van der Waals surface area contributed by atoms with Crippen molar-refractivity contribution in [1.29, 1.82) is 0 Å². The number of rotatable bonds is 3. The lowest BCUT2D eigenvalue weighted by Gasteiger charge is -2.31. The fraction of sp³-hybridized carbons (Fsp3) is 0.471. The summed E-state index contributed by atoms with van der Waals surface area (Å²) in [6.07, 6.45) is 3.15. The number of nitrogens with one attached hydrogen (secondary N) is 1. The number of likely N-dealkylation sites (tertiary alicyclic amines) is 1. The average molecular weight is 299 g/mol. The summed E-state index contributed by atoms with van der Waals surface area (Å²) >= 11 is 0. The Morgan fingerprint density at radius 3 is 3.05 bits per heavy atom. The lowest BCUT2D eigenvalue weighted by atomic mass is 10.00. The molecule has 1 amide bonds. The smallest absolute Gasteiger partial charge is 0.258 e. The van der Waals surface area contributed by atoms with Crippen LogP contribution in [0.15, 0.2) is 29.1 Å². The van der Waals surface area contributed by atoms with Gasteiger partial charge in [-0.2, -0.15) is 0 Å². The van der Waals surface area contributed by atoms with Gasteiger partial charge in [0, 0.05) is 25.9 Å². The highest BCUT2D eigenvalue weighted by atomic mass is 16.2. The standard InChI is InChI=1S/C17H21N3O2/c1-12-5-4-10-20(11-12)16(21)9-8-15-18-14-7-3-2-6-13(14)17(22)19-15/h2-3,6-7,12H,4-5,8-11H2,1H3,(H,18,19,22)/t12-/m0/s1. The summed E-state index contributed by atoms with van der Waals surface area (Å²) in [5.74, 6) is 1.32. The van der Waals surface area contributed by atoms with E-state index in [1.807, 2.05) is 23.1 Å². The predicted octanol–water partition coefficient (Wildman–Crippen LogP) is 2.11. The number of carbonyl (C=O) groups is 1. The second-order valence-corrected chi connectivity index (χ2v) is 6.12. The molecule has 0 radical (unpaired) electrons. The van der Waals surface area contributed by atoms with Gasteiger partial charge in [-0.05, 0) is 30.9 Å². The number of hydrogen-bond acceptors (Lipinski definition) is 3. The number of para-hydroxylation sites is 1. The van der Waals surface area contributed by atoms with Crippen LogP contribution in [0.3, 0.4) is 0 Å². The molecule has 0 aliphatic carbocycles. The summed E-state index contributed by atoms with van der Waals surface area (Å²) in [6.45, 7) is 3.88. The molecule has 0 unspecified atom stereocenters. The van der Waals surface area contributed by atoms with Gasteiger partial charge in [0.05, 0.1) is 10.9 Å². The molecule has 5 heteroatoms. The predicted molar refractivity (Wildman–Crippen MR) is 85.7 cm³/mol. The Kier molecular flexibility index (Phi) is 4.22. The van der Waals surface area contributed by atoms with Crippen LogP contribution in [0.5, 0.6) is 0 Å². The van der Waals surface area contributed by atoms with Crippen molar-refractivity contribution in [3.63, 3.8) is 0 Å². The van der Waals surface area contributed by atoms with Crippen molar-refractivity contribution >= 4 is 16.8 Å². The number of benzene rings is 1. The molecule has 0 saturated carbocycles. The van der Waals surface area contributed by atoms with Crippen molar-refractivity contribution in [3.8, 4) is 0 Å². The van der Waals surface area contributed by atoms with E-state index in [2.05, 4.69) is 16.9 Å². The number of aromatic nitrogens is 2. The van der Waals surface area contributed by atoms with Crippen LogP contribution in [0, 0.1) is 5.92 Å². The summed E-state index contributed by atoms with van der Waals surface area (Å²) in [6, 6.07) is 7.26. The largest absolute Gasteiger partial charge is 0.342 e. The summed E-state index contributed by atoms with van der Waals surface area (Å²) in [7, 11) is 0. The molecule has 1 aliphatic heterocycles. The summed E-state index contributed by atoms with van der Waals surface area (Å²) < 4.78 is 0. The van der Waals surface area contributed by atoms with Crippen LogP contribution in [-0.2, 0) is 11.2 Å². The zero-order valence-electron chi connectivity index (χ0n) is 12.8. The third kappa shape index (κ3) is 3.18. The molecule has 22 heavy (non-hydrogen) atoms. The molecule has 1 atom stereocenters. The van der Waals surface area contributed by atoms with Crippen molar-refractivity contribution in [2.45, 2.75) is 32.6 Å². The molecule has 3 rings (SSSR count). The number of carbonyl (C=O) groups excluding carboxylic acids is 1. The highest BCUT2D eigenvalue weighted by Crippen LogP contribution is 2.16. The number of piperidine rings is 1. The molecule has 1 aliphatic rings. The van der Waals surface area contributed by atoms with Crippen molar-refractivity contribution in [2.24, 2.45) is 5.92 Å². The third-order valence-electron chi connectivity index (χ3n) is 4.25. The first-order valence-electron chi connectivity index (χ1n) is 7.89. The molecular weight excluding hydrogens is 278 g/mol. The van der Waals surface area contributed by atoms with Gasteiger partial charge in [0.2, 0.25) is 5.91 Å². The molecule has 1 N–H and O–H groups in total. The molecule has 5 nitrogen and oxygen atoms in total. The zero-order valence-corrected chi connectivity index (χ0v) is 12.8. The van der Waals surface area contributed by atoms with Crippen LogP contribution >= 0.6 is 0 Å². The Hall–Kier alpha value is -2.17. The van der Waals surface area contributed by atoms with Crippen LogP contribution in [-0.4, -0.2) is 33.9 Å². The van der Waals surface area contributed by atoms with E-state index >= 15 is 0 Å². The fourth-order valence-corrected chi connectivity index (χ4v) is 3.05. The number of fused-ring (bicyclic) bond motifs is 1. The van der Waals surface area contributed by atoms with Gasteiger partial charge in [-0.15, -0.1) is 0 Å². The fourth-order valence-electron chi connectivity index (χ4n) is 3.05. The van der Waals surface area contributed by atoms with E-state index in [9.17, 15) is 9.59 Å². The first-order chi connectivity index (χ1) is 10.6. The van der Waals surface area contributed by atoms with Crippen LogP contribution < -0.4 is 5.56 Å². The number of aryl methyl sites for hydroxylation is 1. The molecule has 0 spiro atoms. The summed E-state index contributed by atoms with van der Waals surface area (Å²) in [5.41, 5.74) is 0.542. The first-order valence-corrected chi connectivity index (χ1v) is 7.89. The molecule has 116 valence electrons. The zero-order chi connectivity index (χ0) is 15.5. The summed E-state index contributed by atoms with van der Waals surface area (Å²) in [4.78, 5) is 33.4. The Morgan fingerprint density at radius 1 is 1.41 bits per heavy atom. The number of aromatic amines is 1. The molecule has 0 bridgehead atoms. The van der Waals surface area contributed by atoms with E-state index in [0.29, 0.717) is 35.5 Å². The monoisotopic (exact) mass is 299 g/mol. The van der Waals surface area contributed by atoms with Gasteiger partial charge in [-0.3, -0.25) is 9.59 Å². The average Bonchev–Trinajstić information content (AvgIpc) is 2.53. The quantitative estimate of drug-likeness (QED) is 0.944. The normalized spacial score (nSPS) is 18.6. The Morgan fingerprint density at radius 2 is 2.23 bits per heavy atom. The molecule has 1 aromatic heterocycles. The van der Waals surface area contributed by atoms with Gasteiger partial charge in [0.15, 0.2) is 0 Å². The van der Waals surface area contributed by atoms with E-state index in [1.54, 1.807) is 6.07 Å². The minimum atomic E-state index is -0.139. The van der Waals surface area contributed by atoms with Crippen molar-refractivity contribution in [1.82, 2.24) is 14.9 Å². The maximum Gasteiger partial charge on any atom is 0.258 e. The van der Waals surface area contributed by atoms with Gasteiger partial charge >= 0.3 is 0 Å². The second-order valence-electron chi connectivity index (χ2n) is 6.12. The minimum Gasteiger partial charge on any atom is -0.342 e. The molecule has 1 fully saturated rings. The highest BCUT2D eigenvalue weighted by molar-refractivity contribution is 5.78. The van der Waals surface area contributed by atoms with Crippen LogP contribution in [0.25, 0.3) is 10.9 Å². The SMILES string of the molecule is C[C@H]1CCCN(C(=O)CCc2nc3ccccc3c(=O)[nH]2)C1. The maximum absolute atomic E-state index is 12.3. The minimum absolute atomic E-state index is 0.139. The van der Waals surface area contributed by atoms with Crippen molar-refractivity contribution < 1.29 is 4.79 Å². The highest BCUT2D eigenvalue weighted by Gasteiger charge is 2.20. The first kappa shape index (κ1) is 14.8. The van der Waals surface area contributed by atoms with E-state index in [4.69, 9.17) is 0 Å². The maximum atomic E-state index is 12.3. The van der Waals surface area contributed by atoms with Crippen molar-refractivity contribution in [2.75, 3.05) is 13.1 Å². The van der Waals surface area contributed by atoms with E-state index in [-0.39, 0.29) is 11.5 Å². The lowest BCUT2D eigenvalue weighted by Crippen LogP contribution is -2.39. The Balaban J connectivity index is 1.68.